The first kappa shape index (κ1) is 13.5. The van der Waals surface area contributed by atoms with E-state index in [1.807, 2.05) is 29.5 Å². The van der Waals surface area contributed by atoms with Crippen molar-refractivity contribution in [3.63, 3.8) is 0 Å². The Hall–Kier alpha value is -2.43. The van der Waals surface area contributed by atoms with Crippen LogP contribution >= 0.6 is 0 Å². The van der Waals surface area contributed by atoms with E-state index < -0.39 is 0 Å². The zero-order valence-corrected chi connectivity index (χ0v) is 12.5. The summed E-state index contributed by atoms with van der Waals surface area (Å²) in [5.74, 6) is 1.96. The van der Waals surface area contributed by atoms with E-state index in [9.17, 15) is 0 Å². The van der Waals surface area contributed by atoms with Crippen molar-refractivity contribution >= 4 is 11.5 Å². The summed E-state index contributed by atoms with van der Waals surface area (Å²) < 4.78 is 2.03. The van der Waals surface area contributed by atoms with Gasteiger partial charge in [-0.25, -0.2) is 4.98 Å². The van der Waals surface area contributed by atoms with Crippen molar-refractivity contribution in [1.82, 2.24) is 19.6 Å². The maximum absolute atomic E-state index is 5.74. The predicted molar refractivity (Wildman–Crippen MR) is 83.2 cm³/mol. The Kier molecular flexibility index (Phi) is 3.33. The van der Waals surface area contributed by atoms with Crippen LogP contribution in [0, 0.1) is 13.8 Å². The van der Waals surface area contributed by atoms with Crippen LogP contribution in [0.25, 0.3) is 5.78 Å². The minimum Gasteiger partial charge on any atom is -0.399 e. The van der Waals surface area contributed by atoms with Gasteiger partial charge in [0.1, 0.15) is 5.82 Å². The molecule has 108 valence electrons. The zero-order valence-electron chi connectivity index (χ0n) is 12.5. The molecule has 1 unspecified atom stereocenters. The van der Waals surface area contributed by atoms with E-state index in [1.165, 1.54) is 5.56 Å². The third kappa shape index (κ3) is 2.59. The predicted octanol–water partition coefficient (Wildman–Crippen LogP) is 2.67. The smallest absolute Gasteiger partial charge is 0.255 e. The monoisotopic (exact) mass is 281 g/mol. The van der Waals surface area contributed by atoms with Crippen molar-refractivity contribution in [3.8, 4) is 0 Å². The quantitative estimate of drug-likeness (QED) is 0.749. The van der Waals surface area contributed by atoms with E-state index in [1.54, 1.807) is 0 Å². The Morgan fingerprint density at radius 2 is 1.86 bits per heavy atom. The van der Waals surface area contributed by atoms with Gasteiger partial charge in [-0.15, -0.1) is 10.2 Å². The van der Waals surface area contributed by atoms with E-state index >= 15 is 0 Å². The van der Waals surface area contributed by atoms with Crippen LogP contribution in [0.4, 0.5) is 5.69 Å². The van der Waals surface area contributed by atoms with Gasteiger partial charge in [0, 0.05) is 23.5 Å². The normalized spacial score (nSPS) is 12.7. The molecule has 0 bridgehead atoms. The Bertz CT molecular complexity index is 773. The first-order valence-electron chi connectivity index (χ1n) is 7.08. The lowest BCUT2D eigenvalue weighted by atomic mass is 9.97. The van der Waals surface area contributed by atoms with Gasteiger partial charge in [-0.2, -0.15) is 0 Å². The number of rotatable bonds is 3. The third-order valence-corrected chi connectivity index (χ3v) is 3.75. The average Bonchev–Trinajstić information content (AvgIpc) is 2.82. The molecule has 21 heavy (non-hydrogen) atoms. The first-order chi connectivity index (χ1) is 10.0. The van der Waals surface area contributed by atoms with E-state index in [2.05, 4.69) is 41.2 Å². The maximum atomic E-state index is 5.74. The molecule has 5 heteroatoms. The van der Waals surface area contributed by atoms with Crippen molar-refractivity contribution in [2.45, 2.75) is 33.1 Å². The summed E-state index contributed by atoms with van der Waals surface area (Å²) in [6, 6.07) is 10.1. The van der Waals surface area contributed by atoms with Gasteiger partial charge in [0.05, 0.1) is 0 Å². The molecule has 3 aromatic rings. The molecule has 0 radical (unpaired) electrons. The fourth-order valence-electron chi connectivity index (χ4n) is 2.65. The largest absolute Gasteiger partial charge is 0.399 e. The Morgan fingerprint density at radius 1 is 1.14 bits per heavy atom. The van der Waals surface area contributed by atoms with Crippen LogP contribution in [-0.4, -0.2) is 19.6 Å². The molecule has 2 aromatic heterocycles. The maximum Gasteiger partial charge on any atom is 0.255 e. The number of anilines is 1. The minimum absolute atomic E-state index is 0.346. The molecular formula is C16H19N5. The van der Waals surface area contributed by atoms with Gasteiger partial charge in [-0.1, -0.05) is 19.1 Å². The summed E-state index contributed by atoms with van der Waals surface area (Å²) >= 11 is 0. The van der Waals surface area contributed by atoms with Crippen molar-refractivity contribution in [2.24, 2.45) is 0 Å². The lowest BCUT2D eigenvalue weighted by Gasteiger charge is -2.12. The van der Waals surface area contributed by atoms with Crippen LogP contribution in [0.2, 0.25) is 0 Å². The number of nitrogens with two attached hydrogens (primary N) is 1. The van der Waals surface area contributed by atoms with Gasteiger partial charge in [0.15, 0.2) is 0 Å². The molecule has 1 aromatic carbocycles. The molecule has 0 amide bonds. The lowest BCUT2D eigenvalue weighted by Crippen LogP contribution is -2.06. The highest BCUT2D eigenvalue weighted by molar-refractivity contribution is 5.40. The molecular weight excluding hydrogens is 262 g/mol. The number of hydrogen-bond donors (Lipinski definition) is 1. The van der Waals surface area contributed by atoms with Gasteiger partial charge in [-0.3, -0.25) is 4.40 Å². The molecule has 0 saturated carbocycles. The molecule has 0 aliphatic carbocycles. The SMILES string of the molecule is Cc1cc(C)n2c(CC(C)c3ccc(N)cc3)nnc2n1. The molecule has 0 aliphatic rings. The van der Waals surface area contributed by atoms with Gasteiger partial charge in [0.25, 0.3) is 5.78 Å². The molecule has 2 heterocycles. The van der Waals surface area contributed by atoms with Gasteiger partial charge in [-0.05, 0) is 43.5 Å². The standard InChI is InChI=1S/C16H19N5/c1-10(13-4-6-14(17)7-5-13)8-15-19-20-16-18-11(2)9-12(3)21(15)16/h4-7,9-10H,8,17H2,1-3H3. The molecule has 0 saturated heterocycles. The summed E-state index contributed by atoms with van der Waals surface area (Å²) in [5.41, 5.74) is 9.85. The highest BCUT2D eigenvalue weighted by Gasteiger charge is 2.14. The number of aryl methyl sites for hydroxylation is 2. The van der Waals surface area contributed by atoms with Crippen LogP contribution in [0.5, 0.6) is 0 Å². The molecule has 5 nitrogen and oxygen atoms in total. The summed E-state index contributed by atoms with van der Waals surface area (Å²) in [5, 5.41) is 8.49. The van der Waals surface area contributed by atoms with Crippen molar-refractivity contribution in [3.05, 3.63) is 53.1 Å². The second kappa shape index (κ2) is 5.16. The van der Waals surface area contributed by atoms with Gasteiger partial charge >= 0.3 is 0 Å². The second-order valence-corrected chi connectivity index (χ2v) is 5.56. The topological polar surface area (TPSA) is 69.1 Å². The highest BCUT2D eigenvalue weighted by atomic mass is 15.3. The van der Waals surface area contributed by atoms with Crippen LogP contribution in [0.3, 0.4) is 0 Å². The molecule has 0 aliphatic heterocycles. The third-order valence-electron chi connectivity index (χ3n) is 3.75. The van der Waals surface area contributed by atoms with Crippen LogP contribution in [-0.2, 0) is 6.42 Å². The van der Waals surface area contributed by atoms with E-state index in [0.29, 0.717) is 11.7 Å². The summed E-state index contributed by atoms with van der Waals surface area (Å²) in [7, 11) is 0. The molecule has 0 fully saturated rings. The average molecular weight is 281 g/mol. The van der Waals surface area contributed by atoms with Crippen molar-refractivity contribution in [2.75, 3.05) is 5.73 Å². The molecule has 3 rings (SSSR count). The number of nitrogen functional groups attached to an aromatic ring is 1. The second-order valence-electron chi connectivity index (χ2n) is 5.56. The summed E-state index contributed by atoms with van der Waals surface area (Å²) in [4.78, 5) is 4.42. The van der Waals surface area contributed by atoms with Crippen LogP contribution in [0.15, 0.2) is 30.3 Å². The number of benzene rings is 1. The zero-order chi connectivity index (χ0) is 15.0. The molecule has 1 atom stereocenters. The summed E-state index contributed by atoms with van der Waals surface area (Å²) in [6.45, 7) is 6.21. The number of nitrogens with zero attached hydrogens (tertiary/aromatic N) is 4. The molecule has 0 spiro atoms. The summed E-state index contributed by atoms with van der Waals surface area (Å²) in [6.07, 6.45) is 0.816. The minimum atomic E-state index is 0.346. The van der Waals surface area contributed by atoms with Gasteiger partial charge < -0.3 is 5.73 Å². The van der Waals surface area contributed by atoms with Crippen molar-refractivity contribution < 1.29 is 0 Å². The first-order valence-corrected chi connectivity index (χ1v) is 7.08. The van der Waals surface area contributed by atoms with E-state index in [0.717, 1.165) is 29.3 Å². The Balaban J connectivity index is 1.93. The lowest BCUT2D eigenvalue weighted by molar-refractivity contribution is 0.705. The van der Waals surface area contributed by atoms with Gasteiger partial charge in [0.2, 0.25) is 0 Å². The fourth-order valence-corrected chi connectivity index (χ4v) is 2.65. The van der Waals surface area contributed by atoms with Crippen molar-refractivity contribution in [1.29, 1.82) is 0 Å². The molecule has 2 N–H and O–H groups in total. The Labute approximate surface area is 123 Å². The number of fused-ring (bicyclic) bond motifs is 1. The van der Waals surface area contributed by atoms with E-state index in [-0.39, 0.29) is 0 Å². The fraction of sp³-hybridized carbons (Fsp3) is 0.312. The van der Waals surface area contributed by atoms with E-state index in [4.69, 9.17) is 5.73 Å². The highest BCUT2D eigenvalue weighted by Crippen LogP contribution is 2.21. The van der Waals surface area contributed by atoms with Crippen LogP contribution in [0.1, 0.15) is 35.6 Å². The van der Waals surface area contributed by atoms with Crippen LogP contribution < -0.4 is 5.73 Å². The Morgan fingerprint density at radius 3 is 2.57 bits per heavy atom. The number of hydrogen-bond acceptors (Lipinski definition) is 4. The number of aromatic nitrogens is 4.